The summed E-state index contributed by atoms with van der Waals surface area (Å²) >= 11 is 0. The Bertz CT molecular complexity index is 514. The molecule has 0 atom stereocenters. The Morgan fingerprint density at radius 1 is 1.18 bits per heavy atom. The maximum atomic E-state index is 12.5. The van der Waals surface area contributed by atoms with Gasteiger partial charge in [0.15, 0.2) is 5.78 Å². The number of carbonyl (C=O) groups excluding carboxylic acids is 2. The summed E-state index contributed by atoms with van der Waals surface area (Å²) in [6.07, 6.45) is 2.38. The van der Waals surface area contributed by atoms with Crippen LogP contribution in [0.1, 0.15) is 42.6 Å². The highest BCUT2D eigenvalue weighted by Gasteiger charge is 2.27. The van der Waals surface area contributed by atoms with Crippen LogP contribution in [-0.4, -0.2) is 41.4 Å². The lowest BCUT2D eigenvalue weighted by molar-refractivity contribution is -0.135. The minimum Gasteiger partial charge on any atom is -0.387 e. The van der Waals surface area contributed by atoms with E-state index in [0.29, 0.717) is 31.8 Å². The van der Waals surface area contributed by atoms with Crippen molar-refractivity contribution in [2.45, 2.75) is 33.1 Å². The molecular weight excluding hydrogens is 278 g/mol. The molecule has 0 saturated carbocycles. The van der Waals surface area contributed by atoms with Crippen molar-refractivity contribution in [3.8, 4) is 0 Å². The molecule has 4 nitrogen and oxygen atoms in total. The van der Waals surface area contributed by atoms with Gasteiger partial charge in [-0.3, -0.25) is 9.59 Å². The molecule has 120 valence electrons. The average molecular weight is 303 g/mol. The standard InChI is InChI=1S/C18H25NO3/c1-13(2)11-14-3-5-15(6-4-14)18(22)16-7-9-19(10-8-16)17(21)12-20/h3-6,13,16,20H,7-12H2,1-2H3. The van der Waals surface area contributed by atoms with Crippen molar-refractivity contribution < 1.29 is 14.7 Å². The quantitative estimate of drug-likeness (QED) is 0.849. The van der Waals surface area contributed by atoms with Crippen molar-refractivity contribution >= 4 is 11.7 Å². The van der Waals surface area contributed by atoms with E-state index in [1.807, 2.05) is 24.3 Å². The number of likely N-dealkylation sites (tertiary alicyclic amines) is 1. The summed E-state index contributed by atoms with van der Waals surface area (Å²) in [7, 11) is 0. The van der Waals surface area contributed by atoms with Crippen LogP contribution in [0.15, 0.2) is 24.3 Å². The number of ketones is 1. The highest BCUT2D eigenvalue weighted by Crippen LogP contribution is 2.22. The summed E-state index contributed by atoms with van der Waals surface area (Å²) in [6.45, 7) is 5.03. The SMILES string of the molecule is CC(C)Cc1ccc(C(=O)C2CCN(C(=O)CO)CC2)cc1. The van der Waals surface area contributed by atoms with Gasteiger partial charge in [0.05, 0.1) is 0 Å². The fourth-order valence-corrected chi connectivity index (χ4v) is 3.00. The van der Waals surface area contributed by atoms with Crippen LogP contribution in [0.4, 0.5) is 0 Å². The summed E-state index contributed by atoms with van der Waals surface area (Å²) in [5.41, 5.74) is 2.02. The molecule has 0 aromatic heterocycles. The summed E-state index contributed by atoms with van der Waals surface area (Å²) in [6, 6.07) is 7.92. The number of carbonyl (C=O) groups is 2. The number of piperidine rings is 1. The lowest BCUT2D eigenvalue weighted by atomic mass is 9.88. The van der Waals surface area contributed by atoms with Crippen LogP contribution in [0, 0.1) is 11.8 Å². The Labute approximate surface area is 132 Å². The Hall–Kier alpha value is -1.68. The number of aliphatic hydroxyl groups is 1. The van der Waals surface area contributed by atoms with E-state index in [-0.39, 0.29) is 17.6 Å². The lowest BCUT2D eigenvalue weighted by Gasteiger charge is -2.30. The molecule has 1 aromatic carbocycles. The van der Waals surface area contributed by atoms with Gasteiger partial charge in [-0.05, 0) is 30.7 Å². The first-order valence-corrected chi connectivity index (χ1v) is 8.03. The molecule has 22 heavy (non-hydrogen) atoms. The lowest BCUT2D eigenvalue weighted by Crippen LogP contribution is -2.41. The number of Topliss-reactive ketones (excluding diaryl/α,β-unsaturated/α-hetero) is 1. The van der Waals surface area contributed by atoms with Gasteiger partial charge < -0.3 is 10.0 Å². The number of aliphatic hydroxyl groups excluding tert-OH is 1. The molecule has 1 aromatic rings. The minimum absolute atomic E-state index is 0.0151. The Morgan fingerprint density at radius 2 is 1.77 bits per heavy atom. The number of hydrogen-bond acceptors (Lipinski definition) is 3. The van der Waals surface area contributed by atoms with Gasteiger partial charge in [0, 0.05) is 24.6 Å². The molecule has 1 heterocycles. The first kappa shape index (κ1) is 16.7. The van der Waals surface area contributed by atoms with E-state index in [1.54, 1.807) is 4.90 Å². The van der Waals surface area contributed by atoms with Crippen LogP contribution in [0.2, 0.25) is 0 Å². The topological polar surface area (TPSA) is 57.6 Å². The summed E-state index contributed by atoms with van der Waals surface area (Å²) in [4.78, 5) is 25.6. The molecule has 0 bridgehead atoms. The molecule has 1 aliphatic heterocycles. The maximum Gasteiger partial charge on any atom is 0.248 e. The summed E-state index contributed by atoms with van der Waals surface area (Å²) < 4.78 is 0. The number of benzene rings is 1. The van der Waals surface area contributed by atoms with Crippen LogP contribution < -0.4 is 0 Å². The summed E-state index contributed by atoms with van der Waals surface area (Å²) in [5.74, 6) is 0.518. The first-order valence-electron chi connectivity index (χ1n) is 8.03. The maximum absolute atomic E-state index is 12.5. The normalized spacial score (nSPS) is 16.1. The second-order valence-electron chi connectivity index (χ2n) is 6.47. The van der Waals surface area contributed by atoms with E-state index in [4.69, 9.17) is 5.11 Å². The molecule has 1 aliphatic rings. The summed E-state index contributed by atoms with van der Waals surface area (Å²) in [5, 5.41) is 8.87. The third-order valence-corrected chi connectivity index (χ3v) is 4.24. The highest BCUT2D eigenvalue weighted by molar-refractivity contribution is 5.98. The molecule has 1 amide bonds. The van der Waals surface area contributed by atoms with Crippen LogP contribution in [0.3, 0.4) is 0 Å². The van der Waals surface area contributed by atoms with Gasteiger partial charge in [0.1, 0.15) is 6.61 Å². The molecule has 0 aliphatic carbocycles. The van der Waals surface area contributed by atoms with Crippen molar-refractivity contribution in [2.75, 3.05) is 19.7 Å². The molecule has 4 heteroatoms. The predicted octanol–water partition coefficient (Wildman–Crippen LogP) is 2.30. The van der Waals surface area contributed by atoms with E-state index in [0.717, 1.165) is 12.0 Å². The first-order chi connectivity index (χ1) is 10.5. The second kappa shape index (κ2) is 7.54. The molecular formula is C18H25NO3. The zero-order valence-corrected chi connectivity index (χ0v) is 13.4. The van der Waals surface area contributed by atoms with Crippen LogP contribution in [0.25, 0.3) is 0 Å². The molecule has 0 spiro atoms. The van der Waals surface area contributed by atoms with Gasteiger partial charge >= 0.3 is 0 Å². The van der Waals surface area contributed by atoms with Crippen LogP contribution in [-0.2, 0) is 11.2 Å². The highest BCUT2D eigenvalue weighted by atomic mass is 16.3. The largest absolute Gasteiger partial charge is 0.387 e. The molecule has 1 fully saturated rings. The van der Waals surface area contributed by atoms with Gasteiger partial charge in [-0.25, -0.2) is 0 Å². The number of nitrogens with zero attached hydrogens (tertiary/aromatic N) is 1. The average Bonchev–Trinajstić information content (AvgIpc) is 2.54. The molecule has 0 unspecified atom stereocenters. The Morgan fingerprint density at radius 3 is 2.27 bits per heavy atom. The van der Waals surface area contributed by atoms with Crippen molar-refractivity contribution in [1.29, 1.82) is 0 Å². The minimum atomic E-state index is -0.448. The smallest absolute Gasteiger partial charge is 0.248 e. The zero-order chi connectivity index (χ0) is 16.1. The molecule has 2 rings (SSSR count). The van der Waals surface area contributed by atoms with Crippen molar-refractivity contribution in [2.24, 2.45) is 11.8 Å². The van der Waals surface area contributed by atoms with Crippen molar-refractivity contribution in [3.63, 3.8) is 0 Å². The number of hydrogen-bond donors (Lipinski definition) is 1. The fourth-order valence-electron chi connectivity index (χ4n) is 3.00. The number of amides is 1. The van der Waals surface area contributed by atoms with Gasteiger partial charge in [-0.2, -0.15) is 0 Å². The second-order valence-corrected chi connectivity index (χ2v) is 6.47. The van der Waals surface area contributed by atoms with Crippen molar-refractivity contribution in [3.05, 3.63) is 35.4 Å². The van der Waals surface area contributed by atoms with E-state index < -0.39 is 6.61 Å². The van der Waals surface area contributed by atoms with Gasteiger partial charge in [0.25, 0.3) is 0 Å². The molecule has 1 saturated heterocycles. The van der Waals surface area contributed by atoms with Crippen LogP contribution in [0.5, 0.6) is 0 Å². The van der Waals surface area contributed by atoms with E-state index in [2.05, 4.69) is 13.8 Å². The monoisotopic (exact) mass is 303 g/mol. The van der Waals surface area contributed by atoms with Gasteiger partial charge in [-0.15, -0.1) is 0 Å². The Balaban J connectivity index is 1.93. The molecule has 1 N–H and O–H groups in total. The van der Waals surface area contributed by atoms with Crippen LogP contribution >= 0.6 is 0 Å². The van der Waals surface area contributed by atoms with Gasteiger partial charge in [-0.1, -0.05) is 38.1 Å². The molecule has 0 radical (unpaired) electrons. The van der Waals surface area contributed by atoms with E-state index in [1.165, 1.54) is 5.56 Å². The number of rotatable bonds is 5. The van der Waals surface area contributed by atoms with Crippen molar-refractivity contribution in [1.82, 2.24) is 4.90 Å². The van der Waals surface area contributed by atoms with E-state index >= 15 is 0 Å². The third-order valence-electron chi connectivity index (χ3n) is 4.24. The van der Waals surface area contributed by atoms with Gasteiger partial charge in [0.2, 0.25) is 5.91 Å². The Kier molecular flexibility index (Phi) is 5.72. The van der Waals surface area contributed by atoms with E-state index in [9.17, 15) is 9.59 Å². The zero-order valence-electron chi connectivity index (χ0n) is 13.4. The fraction of sp³-hybridized carbons (Fsp3) is 0.556. The predicted molar refractivity (Wildman–Crippen MR) is 85.7 cm³/mol. The third kappa shape index (κ3) is 4.17.